The third-order valence-corrected chi connectivity index (χ3v) is 2.19. The van der Waals surface area contributed by atoms with Crippen LogP contribution >= 0.6 is 0 Å². The highest BCUT2D eigenvalue weighted by Crippen LogP contribution is 1.98. The van der Waals surface area contributed by atoms with E-state index in [1.165, 1.54) is 0 Å². The molecule has 1 heterocycles. The molecule has 0 aliphatic rings. The SMILES string of the molecule is CCN(CC)CCn1cc(N)cn1. The molecule has 4 heteroatoms. The molecular formula is C9H18N4. The topological polar surface area (TPSA) is 47.1 Å². The molecule has 13 heavy (non-hydrogen) atoms. The smallest absolute Gasteiger partial charge is 0.0719 e. The zero-order valence-corrected chi connectivity index (χ0v) is 8.40. The lowest BCUT2D eigenvalue weighted by Crippen LogP contribution is -2.27. The molecule has 0 bridgehead atoms. The van der Waals surface area contributed by atoms with Crippen molar-refractivity contribution in [1.29, 1.82) is 0 Å². The van der Waals surface area contributed by atoms with Crippen molar-refractivity contribution in [3.8, 4) is 0 Å². The number of rotatable bonds is 5. The molecule has 74 valence electrons. The summed E-state index contributed by atoms with van der Waals surface area (Å²) >= 11 is 0. The van der Waals surface area contributed by atoms with Crippen LogP contribution in [0.5, 0.6) is 0 Å². The van der Waals surface area contributed by atoms with Gasteiger partial charge in [0.05, 0.1) is 18.4 Å². The second kappa shape index (κ2) is 4.87. The Morgan fingerprint density at radius 2 is 2.15 bits per heavy atom. The first kappa shape index (κ1) is 10.1. The summed E-state index contributed by atoms with van der Waals surface area (Å²) in [6.45, 7) is 8.47. The summed E-state index contributed by atoms with van der Waals surface area (Å²) in [5.41, 5.74) is 6.29. The normalized spacial score (nSPS) is 11.0. The van der Waals surface area contributed by atoms with Gasteiger partial charge in [0.1, 0.15) is 0 Å². The van der Waals surface area contributed by atoms with Crippen LogP contribution in [0, 0.1) is 0 Å². The number of nitrogens with two attached hydrogens (primary N) is 1. The first-order valence-corrected chi connectivity index (χ1v) is 4.76. The Labute approximate surface area is 79.3 Å². The molecule has 0 saturated carbocycles. The fourth-order valence-electron chi connectivity index (χ4n) is 1.29. The summed E-state index contributed by atoms with van der Waals surface area (Å²) in [5.74, 6) is 0. The van der Waals surface area contributed by atoms with Crippen LogP contribution in [-0.4, -0.2) is 34.3 Å². The maximum Gasteiger partial charge on any atom is 0.0719 e. The van der Waals surface area contributed by atoms with Gasteiger partial charge in [0.2, 0.25) is 0 Å². The average molecular weight is 182 g/mol. The van der Waals surface area contributed by atoms with E-state index in [-0.39, 0.29) is 0 Å². The maximum absolute atomic E-state index is 5.55. The number of hydrogen-bond donors (Lipinski definition) is 1. The first-order valence-electron chi connectivity index (χ1n) is 4.76. The van der Waals surface area contributed by atoms with E-state index in [0.29, 0.717) is 0 Å². The molecular weight excluding hydrogens is 164 g/mol. The molecule has 2 N–H and O–H groups in total. The number of hydrogen-bond acceptors (Lipinski definition) is 3. The van der Waals surface area contributed by atoms with Crippen molar-refractivity contribution < 1.29 is 0 Å². The Hall–Kier alpha value is -1.03. The number of nitrogens with zero attached hydrogens (tertiary/aromatic N) is 3. The Balaban J connectivity index is 2.33. The average Bonchev–Trinajstić information content (AvgIpc) is 2.53. The highest BCUT2D eigenvalue weighted by Gasteiger charge is 1.99. The predicted octanol–water partition coefficient (Wildman–Crippen LogP) is 0.807. The number of likely N-dealkylation sites (N-methyl/N-ethyl adjacent to an activating group) is 1. The van der Waals surface area contributed by atoms with Crippen molar-refractivity contribution >= 4 is 5.69 Å². The Morgan fingerprint density at radius 3 is 2.62 bits per heavy atom. The monoisotopic (exact) mass is 182 g/mol. The van der Waals surface area contributed by atoms with Crippen molar-refractivity contribution in [2.24, 2.45) is 0 Å². The van der Waals surface area contributed by atoms with Gasteiger partial charge in [-0.2, -0.15) is 5.10 Å². The Morgan fingerprint density at radius 1 is 1.46 bits per heavy atom. The van der Waals surface area contributed by atoms with E-state index in [0.717, 1.165) is 31.9 Å². The summed E-state index contributed by atoms with van der Waals surface area (Å²) in [6.07, 6.45) is 3.55. The molecule has 0 unspecified atom stereocenters. The van der Waals surface area contributed by atoms with Crippen LogP contribution in [0.3, 0.4) is 0 Å². The van der Waals surface area contributed by atoms with Crippen LogP contribution in [0.2, 0.25) is 0 Å². The van der Waals surface area contributed by atoms with E-state index >= 15 is 0 Å². The standard InChI is InChI=1S/C9H18N4/c1-3-12(4-2)5-6-13-8-9(10)7-11-13/h7-8H,3-6,10H2,1-2H3. The maximum atomic E-state index is 5.55. The minimum Gasteiger partial charge on any atom is -0.396 e. The summed E-state index contributed by atoms with van der Waals surface area (Å²) in [5, 5.41) is 4.12. The van der Waals surface area contributed by atoms with Gasteiger partial charge >= 0.3 is 0 Å². The third kappa shape index (κ3) is 3.06. The van der Waals surface area contributed by atoms with E-state index in [9.17, 15) is 0 Å². The first-order chi connectivity index (χ1) is 6.26. The van der Waals surface area contributed by atoms with Crippen LogP contribution < -0.4 is 5.73 Å². The van der Waals surface area contributed by atoms with Crippen molar-refractivity contribution in [3.63, 3.8) is 0 Å². The fraction of sp³-hybridized carbons (Fsp3) is 0.667. The second-order valence-corrected chi connectivity index (χ2v) is 3.06. The van der Waals surface area contributed by atoms with Gasteiger partial charge in [0.15, 0.2) is 0 Å². The molecule has 1 aromatic heterocycles. The van der Waals surface area contributed by atoms with Gasteiger partial charge in [-0.25, -0.2) is 0 Å². The fourth-order valence-corrected chi connectivity index (χ4v) is 1.29. The third-order valence-electron chi connectivity index (χ3n) is 2.19. The zero-order chi connectivity index (χ0) is 9.68. The lowest BCUT2D eigenvalue weighted by atomic mass is 10.4. The second-order valence-electron chi connectivity index (χ2n) is 3.06. The highest BCUT2D eigenvalue weighted by molar-refractivity contribution is 5.30. The summed E-state index contributed by atoms with van der Waals surface area (Å²) in [6, 6.07) is 0. The van der Waals surface area contributed by atoms with Gasteiger partial charge in [0, 0.05) is 12.7 Å². The van der Waals surface area contributed by atoms with Gasteiger partial charge in [-0.15, -0.1) is 0 Å². The molecule has 4 nitrogen and oxygen atoms in total. The highest BCUT2D eigenvalue weighted by atomic mass is 15.3. The number of nitrogen functional groups attached to an aromatic ring is 1. The van der Waals surface area contributed by atoms with Crippen molar-refractivity contribution in [3.05, 3.63) is 12.4 Å². The molecule has 0 amide bonds. The Kier molecular flexibility index (Phi) is 3.76. The molecule has 0 radical (unpaired) electrons. The van der Waals surface area contributed by atoms with Crippen molar-refractivity contribution in [2.75, 3.05) is 25.4 Å². The molecule has 1 rings (SSSR count). The molecule has 0 saturated heterocycles. The zero-order valence-electron chi connectivity index (χ0n) is 8.40. The largest absolute Gasteiger partial charge is 0.396 e. The molecule has 0 aliphatic heterocycles. The van der Waals surface area contributed by atoms with Crippen molar-refractivity contribution in [2.45, 2.75) is 20.4 Å². The lowest BCUT2D eigenvalue weighted by Gasteiger charge is -2.17. The minimum atomic E-state index is 0.736. The van der Waals surface area contributed by atoms with Crippen LogP contribution in [0.25, 0.3) is 0 Å². The van der Waals surface area contributed by atoms with Gasteiger partial charge < -0.3 is 10.6 Å². The van der Waals surface area contributed by atoms with Crippen LogP contribution in [0.4, 0.5) is 5.69 Å². The van der Waals surface area contributed by atoms with E-state index in [1.54, 1.807) is 6.20 Å². The number of anilines is 1. The lowest BCUT2D eigenvalue weighted by molar-refractivity contribution is 0.285. The van der Waals surface area contributed by atoms with Gasteiger partial charge in [-0.05, 0) is 13.1 Å². The van der Waals surface area contributed by atoms with Gasteiger partial charge in [0.25, 0.3) is 0 Å². The molecule has 0 aliphatic carbocycles. The summed E-state index contributed by atoms with van der Waals surface area (Å²) < 4.78 is 1.88. The molecule has 0 spiro atoms. The molecule has 0 fully saturated rings. The van der Waals surface area contributed by atoms with E-state index in [2.05, 4.69) is 23.8 Å². The van der Waals surface area contributed by atoms with Gasteiger partial charge in [-0.1, -0.05) is 13.8 Å². The number of aromatic nitrogens is 2. The molecule has 1 aromatic rings. The predicted molar refractivity (Wildman–Crippen MR) is 54.4 cm³/mol. The molecule has 0 atom stereocenters. The van der Waals surface area contributed by atoms with Crippen molar-refractivity contribution in [1.82, 2.24) is 14.7 Å². The minimum absolute atomic E-state index is 0.736. The van der Waals surface area contributed by atoms with Crippen LogP contribution in [0.15, 0.2) is 12.4 Å². The molecule has 0 aromatic carbocycles. The van der Waals surface area contributed by atoms with Gasteiger partial charge in [-0.3, -0.25) is 4.68 Å². The van der Waals surface area contributed by atoms with Crippen LogP contribution in [0.1, 0.15) is 13.8 Å². The Bertz CT molecular complexity index is 240. The van der Waals surface area contributed by atoms with E-state index < -0.39 is 0 Å². The van der Waals surface area contributed by atoms with Crippen LogP contribution in [-0.2, 0) is 6.54 Å². The quantitative estimate of drug-likeness (QED) is 0.733. The van der Waals surface area contributed by atoms with E-state index in [4.69, 9.17) is 5.73 Å². The van der Waals surface area contributed by atoms with E-state index in [1.807, 2.05) is 10.9 Å². The summed E-state index contributed by atoms with van der Waals surface area (Å²) in [7, 11) is 0. The summed E-state index contributed by atoms with van der Waals surface area (Å²) in [4.78, 5) is 2.36.